The predicted octanol–water partition coefficient (Wildman–Crippen LogP) is 3.12. The standard InChI is InChI=1S/C20H20N4O/c1-15-6-3-4-7-16(15)9-10-20(25)22-14-18-12-19(23-24(18)2)17-8-5-11-21-13-17/h3-13H,14H2,1-2H3,(H,22,25). The lowest BCUT2D eigenvalue weighted by Crippen LogP contribution is -2.21. The maximum Gasteiger partial charge on any atom is 0.244 e. The number of aromatic nitrogens is 3. The molecule has 5 heteroatoms. The third kappa shape index (κ3) is 4.20. The van der Waals surface area contributed by atoms with Gasteiger partial charge in [-0.3, -0.25) is 14.5 Å². The van der Waals surface area contributed by atoms with Crippen LogP contribution in [0.3, 0.4) is 0 Å². The summed E-state index contributed by atoms with van der Waals surface area (Å²) in [6.45, 7) is 2.44. The van der Waals surface area contributed by atoms with Gasteiger partial charge in [-0.05, 0) is 42.3 Å². The lowest BCUT2D eigenvalue weighted by Gasteiger charge is -2.03. The average Bonchev–Trinajstić information content (AvgIpc) is 3.01. The molecule has 0 aliphatic heterocycles. The normalized spacial score (nSPS) is 11.0. The van der Waals surface area contributed by atoms with E-state index in [0.29, 0.717) is 6.54 Å². The number of hydrogen-bond acceptors (Lipinski definition) is 3. The molecule has 3 aromatic rings. The van der Waals surface area contributed by atoms with Crippen molar-refractivity contribution in [1.82, 2.24) is 20.1 Å². The van der Waals surface area contributed by atoms with Crippen LogP contribution in [0, 0.1) is 6.92 Å². The predicted molar refractivity (Wildman–Crippen MR) is 98.5 cm³/mol. The molecule has 0 radical (unpaired) electrons. The Balaban J connectivity index is 1.63. The number of hydrogen-bond donors (Lipinski definition) is 1. The summed E-state index contributed by atoms with van der Waals surface area (Å²) >= 11 is 0. The minimum Gasteiger partial charge on any atom is -0.347 e. The van der Waals surface area contributed by atoms with Crippen molar-refractivity contribution < 1.29 is 4.79 Å². The molecule has 25 heavy (non-hydrogen) atoms. The van der Waals surface area contributed by atoms with Crippen LogP contribution in [0.1, 0.15) is 16.8 Å². The zero-order valence-corrected chi connectivity index (χ0v) is 14.3. The maximum atomic E-state index is 12.1. The topological polar surface area (TPSA) is 59.8 Å². The van der Waals surface area contributed by atoms with Crippen LogP contribution in [-0.2, 0) is 18.4 Å². The van der Waals surface area contributed by atoms with Crippen molar-refractivity contribution in [3.05, 3.63) is 77.8 Å². The highest BCUT2D eigenvalue weighted by atomic mass is 16.1. The number of rotatable bonds is 5. The van der Waals surface area contributed by atoms with Crippen LogP contribution in [0.2, 0.25) is 0 Å². The smallest absolute Gasteiger partial charge is 0.244 e. The van der Waals surface area contributed by atoms with Gasteiger partial charge in [0, 0.05) is 31.1 Å². The molecule has 2 heterocycles. The van der Waals surface area contributed by atoms with E-state index in [1.807, 2.05) is 62.5 Å². The van der Waals surface area contributed by atoms with Gasteiger partial charge in [-0.25, -0.2) is 0 Å². The quantitative estimate of drug-likeness (QED) is 0.730. The largest absolute Gasteiger partial charge is 0.347 e. The van der Waals surface area contributed by atoms with Gasteiger partial charge in [-0.1, -0.05) is 24.3 Å². The molecule has 0 aliphatic rings. The zero-order chi connectivity index (χ0) is 17.6. The Bertz CT molecular complexity index is 897. The van der Waals surface area contributed by atoms with E-state index in [1.54, 1.807) is 23.2 Å². The molecule has 0 bridgehead atoms. The summed E-state index contributed by atoms with van der Waals surface area (Å²) < 4.78 is 1.77. The van der Waals surface area contributed by atoms with E-state index in [4.69, 9.17) is 0 Å². The minimum atomic E-state index is -0.132. The fourth-order valence-corrected chi connectivity index (χ4v) is 2.50. The van der Waals surface area contributed by atoms with Crippen molar-refractivity contribution in [2.75, 3.05) is 0 Å². The summed E-state index contributed by atoms with van der Waals surface area (Å²) in [5.74, 6) is -0.132. The van der Waals surface area contributed by atoms with Gasteiger partial charge in [0.2, 0.25) is 5.91 Å². The highest BCUT2D eigenvalue weighted by molar-refractivity contribution is 5.91. The third-order valence-corrected chi connectivity index (χ3v) is 3.98. The molecular weight excluding hydrogens is 312 g/mol. The summed E-state index contributed by atoms with van der Waals surface area (Å²) in [5, 5.41) is 7.36. The molecule has 1 N–H and O–H groups in total. The minimum absolute atomic E-state index is 0.132. The molecule has 0 aliphatic carbocycles. The van der Waals surface area contributed by atoms with Crippen molar-refractivity contribution >= 4 is 12.0 Å². The molecule has 1 aromatic carbocycles. The van der Waals surface area contributed by atoms with Crippen LogP contribution < -0.4 is 5.32 Å². The Morgan fingerprint density at radius 1 is 1.24 bits per heavy atom. The molecule has 0 saturated carbocycles. The second-order valence-electron chi connectivity index (χ2n) is 5.79. The van der Waals surface area contributed by atoms with E-state index < -0.39 is 0 Å². The third-order valence-electron chi connectivity index (χ3n) is 3.98. The van der Waals surface area contributed by atoms with Crippen LogP contribution in [-0.4, -0.2) is 20.7 Å². The number of nitrogens with one attached hydrogen (secondary N) is 1. The summed E-state index contributed by atoms with van der Waals surface area (Å²) in [5.41, 5.74) is 4.90. The van der Waals surface area contributed by atoms with E-state index in [0.717, 1.165) is 28.1 Å². The molecule has 0 atom stereocenters. The summed E-state index contributed by atoms with van der Waals surface area (Å²) in [6, 6.07) is 13.7. The monoisotopic (exact) mass is 332 g/mol. The van der Waals surface area contributed by atoms with Gasteiger partial charge in [0.25, 0.3) is 0 Å². The van der Waals surface area contributed by atoms with Gasteiger partial charge in [-0.15, -0.1) is 0 Å². The fourth-order valence-electron chi connectivity index (χ4n) is 2.50. The van der Waals surface area contributed by atoms with E-state index >= 15 is 0 Å². The molecule has 5 nitrogen and oxygen atoms in total. The summed E-state index contributed by atoms with van der Waals surface area (Å²) in [4.78, 5) is 16.2. The molecule has 0 unspecified atom stereocenters. The zero-order valence-electron chi connectivity index (χ0n) is 14.3. The summed E-state index contributed by atoms with van der Waals surface area (Å²) in [6.07, 6.45) is 6.89. The van der Waals surface area contributed by atoms with E-state index in [9.17, 15) is 4.79 Å². The second kappa shape index (κ2) is 7.57. The van der Waals surface area contributed by atoms with Gasteiger partial charge < -0.3 is 5.32 Å². The first kappa shape index (κ1) is 16.6. The highest BCUT2D eigenvalue weighted by Crippen LogP contribution is 2.17. The lowest BCUT2D eigenvalue weighted by atomic mass is 10.1. The van der Waals surface area contributed by atoms with Crippen molar-refractivity contribution in [3.8, 4) is 11.3 Å². The number of aryl methyl sites for hydroxylation is 2. The Labute approximate surface area is 147 Å². The van der Waals surface area contributed by atoms with Gasteiger partial charge in [0.05, 0.1) is 17.9 Å². The molecule has 0 spiro atoms. The summed E-state index contributed by atoms with van der Waals surface area (Å²) in [7, 11) is 1.87. The van der Waals surface area contributed by atoms with Crippen molar-refractivity contribution in [1.29, 1.82) is 0 Å². The van der Waals surface area contributed by atoms with Crippen molar-refractivity contribution in [2.45, 2.75) is 13.5 Å². The van der Waals surface area contributed by atoms with Gasteiger partial charge in [0.1, 0.15) is 0 Å². The van der Waals surface area contributed by atoms with Crippen LogP contribution in [0.5, 0.6) is 0 Å². The molecule has 2 aromatic heterocycles. The Kier molecular flexibility index (Phi) is 5.04. The fraction of sp³-hybridized carbons (Fsp3) is 0.150. The molecular formula is C20H20N4O. The number of benzene rings is 1. The first-order chi connectivity index (χ1) is 12.1. The van der Waals surface area contributed by atoms with Crippen LogP contribution in [0.15, 0.2) is 60.9 Å². The molecule has 1 amide bonds. The van der Waals surface area contributed by atoms with Crippen LogP contribution >= 0.6 is 0 Å². The Hall–Kier alpha value is -3.21. The van der Waals surface area contributed by atoms with Crippen LogP contribution in [0.4, 0.5) is 0 Å². The van der Waals surface area contributed by atoms with E-state index in [1.165, 1.54) is 0 Å². The SMILES string of the molecule is Cc1ccccc1C=CC(=O)NCc1cc(-c2cccnc2)nn1C. The van der Waals surface area contributed by atoms with Gasteiger partial charge >= 0.3 is 0 Å². The number of amides is 1. The number of carbonyl (C=O) groups is 1. The second-order valence-corrected chi connectivity index (χ2v) is 5.79. The molecule has 126 valence electrons. The number of carbonyl (C=O) groups excluding carboxylic acids is 1. The van der Waals surface area contributed by atoms with Crippen molar-refractivity contribution in [3.63, 3.8) is 0 Å². The Morgan fingerprint density at radius 3 is 2.84 bits per heavy atom. The van der Waals surface area contributed by atoms with Gasteiger partial charge in [0.15, 0.2) is 0 Å². The van der Waals surface area contributed by atoms with E-state index in [2.05, 4.69) is 15.4 Å². The first-order valence-corrected chi connectivity index (χ1v) is 8.08. The Morgan fingerprint density at radius 2 is 2.08 bits per heavy atom. The lowest BCUT2D eigenvalue weighted by molar-refractivity contribution is -0.116. The number of pyridine rings is 1. The van der Waals surface area contributed by atoms with Gasteiger partial charge in [-0.2, -0.15) is 5.10 Å². The maximum absolute atomic E-state index is 12.1. The van der Waals surface area contributed by atoms with Crippen LogP contribution in [0.25, 0.3) is 17.3 Å². The average molecular weight is 332 g/mol. The molecule has 0 fully saturated rings. The molecule has 3 rings (SSSR count). The first-order valence-electron chi connectivity index (χ1n) is 8.08. The van der Waals surface area contributed by atoms with E-state index in [-0.39, 0.29) is 5.91 Å². The molecule has 0 saturated heterocycles. The highest BCUT2D eigenvalue weighted by Gasteiger charge is 2.08. The van der Waals surface area contributed by atoms with Crippen molar-refractivity contribution in [2.24, 2.45) is 7.05 Å². The number of nitrogens with zero attached hydrogens (tertiary/aromatic N) is 3.